The van der Waals surface area contributed by atoms with Gasteiger partial charge in [0.05, 0.1) is 10.8 Å². The lowest BCUT2D eigenvalue weighted by Crippen LogP contribution is -2.55. The fraction of sp³-hybridized carbons (Fsp3) is 0.276. The van der Waals surface area contributed by atoms with E-state index in [0.717, 1.165) is 12.0 Å². The maximum atomic E-state index is 14.8. The Kier molecular flexibility index (Phi) is 4.55. The average Bonchev–Trinajstić information content (AvgIpc) is 3.63. The third-order valence-corrected chi connectivity index (χ3v) is 8.97. The number of carbonyl (C=O) groups excluding carboxylic acids is 3. The van der Waals surface area contributed by atoms with E-state index in [9.17, 15) is 24.5 Å². The summed E-state index contributed by atoms with van der Waals surface area (Å²) in [6.45, 7) is 2.45. The summed E-state index contributed by atoms with van der Waals surface area (Å²) in [4.78, 5) is 56.4. The third kappa shape index (κ3) is 2.51. The number of nitrogens with one attached hydrogen (secondary N) is 2. The van der Waals surface area contributed by atoms with Crippen LogP contribution in [0.25, 0.3) is 0 Å². The number of carbonyl (C=O) groups is 3. The van der Waals surface area contributed by atoms with Gasteiger partial charge in [0.15, 0.2) is 5.78 Å². The summed E-state index contributed by atoms with van der Waals surface area (Å²) in [5, 5.41) is 17.6. The molecule has 2 amide bonds. The molecule has 4 aliphatic rings. The van der Waals surface area contributed by atoms with E-state index in [4.69, 9.17) is 0 Å². The van der Waals surface area contributed by atoms with Crippen LogP contribution in [0.3, 0.4) is 0 Å². The Morgan fingerprint density at radius 2 is 1.76 bits per heavy atom. The summed E-state index contributed by atoms with van der Waals surface area (Å²) in [5.41, 5.74) is 0.600. The number of nitro benzene ring substituents is 1. The molecule has 3 aromatic carbocycles. The zero-order valence-corrected chi connectivity index (χ0v) is 20.6. The number of aryl methyl sites for hydroxylation is 1. The summed E-state index contributed by atoms with van der Waals surface area (Å²) < 4.78 is 0. The van der Waals surface area contributed by atoms with Crippen LogP contribution >= 0.6 is 0 Å². The first-order chi connectivity index (χ1) is 18.3. The van der Waals surface area contributed by atoms with Gasteiger partial charge in [0.2, 0.25) is 11.8 Å². The van der Waals surface area contributed by atoms with Gasteiger partial charge in [-0.2, -0.15) is 0 Å². The second kappa shape index (κ2) is 7.58. The second-order valence-corrected chi connectivity index (χ2v) is 10.5. The number of benzene rings is 3. The Balaban J connectivity index is 1.58. The van der Waals surface area contributed by atoms with Crippen LogP contribution in [0.1, 0.15) is 39.9 Å². The third-order valence-electron chi connectivity index (χ3n) is 8.97. The number of nitrogens with zero attached hydrogens (tertiary/aromatic N) is 2. The van der Waals surface area contributed by atoms with E-state index in [1.165, 1.54) is 24.3 Å². The molecule has 7 rings (SSSR count). The first-order valence-electron chi connectivity index (χ1n) is 12.7. The molecule has 9 nitrogen and oxygen atoms in total. The van der Waals surface area contributed by atoms with Gasteiger partial charge in [0, 0.05) is 40.7 Å². The molecule has 4 heterocycles. The molecule has 38 heavy (non-hydrogen) atoms. The molecule has 0 saturated carbocycles. The molecule has 2 N–H and O–H groups in total. The van der Waals surface area contributed by atoms with E-state index in [1.807, 2.05) is 49.4 Å². The number of ketones is 1. The Bertz CT molecular complexity index is 1600. The van der Waals surface area contributed by atoms with Crippen molar-refractivity contribution >= 4 is 34.7 Å². The number of amides is 2. The molecule has 4 atom stereocenters. The molecular weight excluding hydrogens is 484 g/mol. The lowest BCUT2D eigenvalue weighted by molar-refractivity contribution is -0.384. The van der Waals surface area contributed by atoms with Gasteiger partial charge < -0.3 is 10.6 Å². The van der Waals surface area contributed by atoms with Crippen molar-refractivity contribution in [1.82, 2.24) is 4.90 Å². The number of non-ortho nitro benzene ring substituents is 1. The predicted octanol–water partition coefficient (Wildman–Crippen LogP) is 3.92. The van der Waals surface area contributed by atoms with Crippen LogP contribution in [0.15, 0.2) is 66.7 Å². The van der Waals surface area contributed by atoms with Crippen molar-refractivity contribution in [3.63, 3.8) is 0 Å². The van der Waals surface area contributed by atoms with Crippen LogP contribution in [-0.2, 0) is 20.5 Å². The lowest BCUT2D eigenvalue weighted by Gasteiger charge is -2.38. The monoisotopic (exact) mass is 508 g/mol. The summed E-state index contributed by atoms with van der Waals surface area (Å²) in [6, 6.07) is 18.1. The van der Waals surface area contributed by atoms with Crippen molar-refractivity contribution in [2.24, 2.45) is 5.92 Å². The Morgan fingerprint density at radius 3 is 2.58 bits per heavy atom. The number of Topliss-reactive ketones (excluding diaryl/α,β-unsaturated/α-hetero) is 1. The van der Waals surface area contributed by atoms with Crippen molar-refractivity contribution in [3.8, 4) is 0 Å². The first-order valence-corrected chi connectivity index (χ1v) is 12.7. The number of para-hydroxylation sites is 2. The molecule has 2 fully saturated rings. The minimum Gasteiger partial charge on any atom is -0.325 e. The number of nitro groups is 1. The van der Waals surface area contributed by atoms with E-state index in [2.05, 4.69) is 15.5 Å². The number of hydrogen-bond donors (Lipinski definition) is 2. The highest BCUT2D eigenvalue weighted by Gasteiger charge is 2.78. The molecule has 2 spiro atoms. The van der Waals surface area contributed by atoms with E-state index >= 15 is 0 Å². The highest BCUT2D eigenvalue weighted by molar-refractivity contribution is 6.19. The van der Waals surface area contributed by atoms with Crippen LogP contribution in [0, 0.1) is 23.0 Å². The SMILES string of the molecule is Cc1cccc2c1NC(=O)[C@]21[C@@H](C(=O)c2cccc([N+](=O)[O-])c2)[C@]2(C(=O)Nc3ccccc32)[C@H]2CCCN21. The Morgan fingerprint density at radius 1 is 1.00 bits per heavy atom. The standard InChI is InChI=1S/C29H24N4O5/c1-16-7-4-11-20-23(16)31-27(36)29(20)25(24(34)17-8-5-9-18(15-17)33(37)38)28(22-13-6-14-32(22)29)19-10-2-3-12-21(19)30-26(28)35/h2-5,7-12,15,22,25H,6,13-14H2,1H3,(H,30,35)(H,31,36)/t22-,25+,28-,29-/m1/s1. The fourth-order valence-corrected chi connectivity index (χ4v) is 7.66. The van der Waals surface area contributed by atoms with Crippen molar-refractivity contribution in [1.29, 1.82) is 0 Å². The number of anilines is 2. The molecule has 0 radical (unpaired) electrons. The molecule has 0 unspecified atom stereocenters. The quantitative estimate of drug-likeness (QED) is 0.314. The van der Waals surface area contributed by atoms with Crippen molar-refractivity contribution in [2.45, 2.75) is 36.8 Å². The molecule has 0 aliphatic carbocycles. The zero-order chi connectivity index (χ0) is 26.4. The van der Waals surface area contributed by atoms with Crippen LogP contribution in [0.5, 0.6) is 0 Å². The maximum absolute atomic E-state index is 14.8. The van der Waals surface area contributed by atoms with Gasteiger partial charge in [-0.15, -0.1) is 0 Å². The zero-order valence-electron chi connectivity index (χ0n) is 20.6. The molecule has 0 aromatic heterocycles. The molecule has 0 bridgehead atoms. The lowest BCUT2D eigenvalue weighted by atomic mass is 9.60. The van der Waals surface area contributed by atoms with Crippen LogP contribution in [0.4, 0.5) is 17.1 Å². The number of fused-ring (bicyclic) bond motifs is 7. The smallest absolute Gasteiger partial charge is 0.270 e. The van der Waals surface area contributed by atoms with Crippen molar-refractivity contribution in [3.05, 3.63) is 99.1 Å². The minimum absolute atomic E-state index is 0.107. The van der Waals surface area contributed by atoms with E-state index in [1.54, 1.807) is 0 Å². The summed E-state index contributed by atoms with van der Waals surface area (Å²) in [6.07, 6.45) is 1.41. The molecule has 2 saturated heterocycles. The van der Waals surface area contributed by atoms with E-state index in [-0.39, 0.29) is 23.1 Å². The molecular formula is C29H24N4O5. The van der Waals surface area contributed by atoms with Gasteiger partial charge in [0.25, 0.3) is 5.69 Å². The maximum Gasteiger partial charge on any atom is 0.270 e. The van der Waals surface area contributed by atoms with E-state index < -0.39 is 33.6 Å². The highest BCUT2D eigenvalue weighted by Crippen LogP contribution is 2.66. The molecule has 190 valence electrons. The predicted molar refractivity (Wildman–Crippen MR) is 139 cm³/mol. The minimum atomic E-state index is -1.45. The largest absolute Gasteiger partial charge is 0.325 e. The molecule has 3 aromatic rings. The fourth-order valence-electron chi connectivity index (χ4n) is 7.66. The van der Waals surface area contributed by atoms with Crippen molar-refractivity contribution < 1.29 is 19.3 Å². The second-order valence-electron chi connectivity index (χ2n) is 10.5. The van der Waals surface area contributed by atoms with Gasteiger partial charge in [-0.05, 0) is 43.5 Å². The number of rotatable bonds is 3. The van der Waals surface area contributed by atoms with Gasteiger partial charge in [-0.25, -0.2) is 0 Å². The molecule has 4 aliphatic heterocycles. The Labute approximate surface area is 218 Å². The highest BCUT2D eigenvalue weighted by atomic mass is 16.6. The summed E-state index contributed by atoms with van der Waals surface area (Å²) in [5.74, 6) is -2.26. The summed E-state index contributed by atoms with van der Waals surface area (Å²) in [7, 11) is 0. The van der Waals surface area contributed by atoms with Gasteiger partial charge in [-0.3, -0.25) is 29.4 Å². The number of hydrogen-bond acceptors (Lipinski definition) is 6. The first kappa shape index (κ1) is 22.8. The van der Waals surface area contributed by atoms with Crippen LogP contribution < -0.4 is 10.6 Å². The van der Waals surface area contributed by atoms with E-state index in [0.29, 0.717) is 35.5 Å². The molecule has 9 heteroatoms. The van der Waals surface area contributed by atoms with Gasteiger partial charge >= 0.3 is 0 Å². The Hall–Kier alpha value is -4.37. The van der Waals surface area contributed by atoms with Crippen LogP contribution in [0.2, 0.25) is 0 Å². The van der Waals surface area contributed by atoms with Gasteiger partial charge in [0.1, 0.15) is 11.0 Å². The van der Waals surface area contributed by atoms with Crippen LogP contribution in [-0.4, -0.2) is 40.0 Å². The normalized spacial score (nSPS) is 28.8. The summed E-state index contributed by atoms with van der Waals surface area (Å²) >= 11 is 0. The average molecular weight is 509 g/mol. The topological polar surface area (TPSA) is 122 Å². The van der Waals surface area contributed by atoms with Crippen molar-refractivity contribution in [2.75, 3.05) is 17.2 Å². The van der Waals surface area contributed by atoms with Gasteiger partial charge in [-0.1, -0.05) is 48.5 Å².